The van der Waals surface area contributed by atoms with Crippen LogP contribution in [-0.2, 0) is 23.9 Å². The maximum Gasteiger partial charge on any atom is 0.246 e. The van der Waals surface area contributed by atoms with Crippen LogP contribution in [0.5, 0.6) is 0 Å². The van der Waals surface area contributed by atoms with Gasteiger partial charge in [0.2, 0.25) is 18.2 Å². The molecule has 2 aliphatic carbocycles. The zero-order valence-corrected chi connectivity index (χ0v) is 36.2. The average molecular weight is 831 g/mol. The van der Waals surface area contributed by atoms with Crippen molar-refractivity contribution in [1.82, 2.24) is 40.4 Å². The Balaban J connectivity index is 0.839. The second kappa shape index (κ2) is 17.1. The average Bonchev–Trinajstić information content (AvgIpc) is 3.77. The number of benzene rings is 2. The first kappa shape index (κ1) is 41.5. The lowest BCUT2D eigenvalue weighted by atomic mass is 9.86. The van der Waals surface area contributed by atoms with Crippen LogP contribution >= 0.6 is 0 Å². The number of aromatic nitrogens is 4. The highest BCUT2D eigenvalue weighted by Gasteiger charge is 2.51. The lowest BCUT2D eigenvalue weighted by Gasteiger charge is -2.36. The number of nitrogens with zero attached hydrogens (tertiary/aromatic N) is 4. The van der Waals surface area contributed by atoms with Gasteiger partial charge in [0.05, 0.1) is 53.1 Å². The Bertz CT molecular complexity index is 2210. The molecule has 4 N–H and O–H groups in total. The molecule has 3 aliphatic heterocycles. The lowest BCUT2D eigenvalue weighted by molar-refractivity contribution is -0.139. The Morgan fingerprint density at radius 1 is 0.934 bits per heavy atom. The summed E-state index contributed by atoms with van der Waals surface area (Å²) in [4.78, 5) is 60.3. The van der Waals surface area contributed by atoms with Gasteiger partial charge in [0.15, 0.2) is 0 Å². The molecular formula is C48H62N8O5. The van der Waals surface area contributed by atoms with E-state index in [0.29, 0.717) is 26.2 Å². The van der Waals surface area contributed by atoms with Crippen LogP contribution in [0.4, 0.5) is 0 Å². The molecule has 13 nitrogen and oxygen atoms in total. The SMILES string of the molecule is CNC(CCCOC1(C)CC1)C(=O)N1C(C)CCC1c1ncc(-c2ccc(-c3ccc(-c4cnc([C@@H]5CCCN5C(=O)[C@@H](NC=O)C5CCOC6(CC6)C5)[nH]4)c(C)c3)cc2)[nH]1. The smallest absolute Gasteiger partial charge is 0.246 e. The zero-order valence-electron chi connectivity index (χ0n) is 36.2. The van der Waals surface area contributed by atoms with Crippen LogP contribution in [0.2, 0.25) is 0 Å². The molecule has 3 saturated heterocycles. The molecule has 5 heterocycles. The van der Waals surface area contributed by atoms with E-state index < -0.39 is 6.04 Å². The summed E-state index contributed by atoms with van der Waals surface area (Å²) in [6, 6.07) is 14.1. The van der Waals surface area contributed by atoms with Gasteiger partial charge in [-0.25, -0.2) is 9.97 Å². The van der Waals surface area contributed by atoms with Crippen molar-refractivity contribution in [2.24, 2.45) is 5.92 Å². The van der Waals surface area contributed by atoms with Crippen molar-refractivity contribution in [3.05, 3.63) is 72.1 Å². The fourth-order valence-electron chi connectivity index (χ4n) is 10.2. The van der Waals surface area contributed by atoms with Gasteiger partial charge in [0.25, 0.3) is 0 Å². The van der Waals surface area contributed by atoms with Crippen LogP contribution in [0.25, 0.3) is 33.6 Å². The van der Waals surface area contributed by atoms with Crippen LogP contribution in [0.3, 0.4) is 0 Å². The first-order valence-corrected chi connectivity index (χ1v) is 22.7. The van der Waals surface area contributed by atoms with Gasteiger partial charge in [-0.1, -0.05) is 42.5 Å². The molecule has 2 aromatic heterocycles. The summed E-state index contributed by atoms with van der Waals surface area (Å²) in [6.45, 7) is 8.38. The standard InChI is InChI=1S/C48H62N8O5/c1-30-25-34(14-15-36(30)39-28-51-43(54-39)40-8-5-22-55(40)46(59)42(52-29-57)35-17-24-61-48(26-35)20-21-48)32-10-12-33(13-11-32)38-27-50-44(53-38)41-16-9-31(2)56(41)45(58)37(49-4)7-6-23-60-47(3)18-19-47/h10-15,25,27-29,31,35,37,40-42,49H,5-9,16-24,26H2,1-4H3,(H,50,53)(H,51,54)(H,52,57)/t31?,35?,37?,40-,41?,42-/m0/s1. The number of carbonyl (C=O) groups is 3. The van der Waals surface area contributed by atoms with Gasteiger partial charge in [-0.2, -0.15) is 0 Å². The van der Waals surface area contributed by atoms with E-state index >= 15 is 0 Å². The fourth-order valence-corrected chi connectivity index (χ4v) is 10.2. The third-order valence-corrected chi connectivity index (χ3v) is 14.3. The molecule has 5 aliphatic rings. The third-order valence-electron chi connectivity index (χ3n) is 14.3. The van der Waals surface area contributed by atoms with Gasteiger partial charge in [0, 0.05) is 31.4 Å². The number of ether oxygens (including phenoxy) is 2. The molecule has 4 unspecified atom stereocenters. The van der Waals surface area contributed by atoms with Crippen molar-refractivity contribution >= 4 is 18.2 Å². The summed E-state index contributed by atoms with van der Waals surface area (Å²) in [5.41, 5.74) is 7.24. The minimum absolute atomic E-state index is 0.0227. The lowest BCUT2D eigenvalue weighted by Crippen LogP contribution is -2.52. The van der Waals surface area contributed by atoms with E-state index in [2.05, 4.69) is 83.8 Å². The first-order chi connectivity index (χ1) is 29.6. The van der Waals surface area contributed by atoms with Crippen LogP contribution in [0.15, 0.2) is 54.9 Å². The van der Waals surface area contributed by atoms with Crippen LogP contribution in [0.1, 0.15) is 120 Å². The molecule has 2 aromatic carbocycles. The number of likely N-dealkylation sites (N-methyl/N-ethyl adjacent to an activating group) is 1. The molecule has 0 bridgehead atoms. The van der Waals surface area contributed by atoms with Crippen molar-refractivity contribution in [2.75, 3.05) is 26.8 Å². The number of amides is 3. The van der Waals surface area contributed by atoms with Crippen molar-refractivity contribution < 1.29 is 23.9 Å². The van der Waals surface area contributed by atoms with Crippen molar-refractivity contribution in [1.29, 1.82) is 0 Å². The summed E-state index contributed by atoms with van der Waals surface area (Å²) < 4.78 is 12.0. The first-order valence-electron chi connectivity index (χ1n) is 22.7. The van der Waals surface area contributed by atoms with Gasteiger partial charge in [0.1, 0.15) is 17.7 Å². The maximum absolute atomic E-state index is 14.0. The number of aromatic amines is 2. The Kier molecular flexibility index (Phi) is 11.7. The van der Waals surface area contributed by atoms with E-state index in [1.54, 1.807) is 0 Å². The molecular weight excluding hydrogens is 769 g/mol. The summed E-state index contributed by atoms with van der Waals surface area (Å²) in [6.07, 6.45) is 15.5. The molecule has 9 rings (SSSR count). The number of imidazole rings is 2. The summed E-state index contributed by atoms with van der Waals surface area (Å²) in [7, 11) is 1.87. The molecule has 4 aromatic rings. The number of carbonyl (C=O) groups excluding carboxylic acids is 3. The quantitative estimate of drug-likeness (QED) is 0.0684. The monoisotopic (exact) mass is 830 g/mol. The molecule has 13 heteroatoms. The van der Waals surface area contributed by atoms with Gasteiger partial charge in [-0.3, -0.25) is 14.4 Å². The number of rotatable bonds is 16. The summed E-state index contributed by atoms with van der Waals surface area (Å²) >= 11 is 0. The molecule has 5 fully saturated rings. The summed E-state index contributed by atoms with van der Waals surface area (Å²) in [5, 5.41) is 6.17. The zero-order chi connectivity index (χ0) is 42.3. The number of hydrogen-bond acceptors (Lipinski definition) is 8. The second-order valence-electron chi connectivity index (χ2n) is 18.7. The van der Waals surface area contributed by atoms with Gasteiger partial charge in [-0.15, -0.1) is 0 Å². The maximum atomic E-state index is 14.0. The topological polar surface area (TPSA) is 158 Å². The van der Waals surface area contributed by atoms with E-state index in [1.165, 1.54) is 0 Å². The summed E-state index contributed by atoms with van der Waals surface area (Å²) in [5.74, 6) is 1.79. The van der Waals surface area contributed by atoms with Gasteiger partial charge in [-0.05, 0) is 133 Å². The predicted molar refractivity (Wildman–Crippen MR) is 233 cm³/mol. The Morgan fingerprint density at radius 3 is 2.38 bits per heavy atom. The van der Waals surface area contributed by atoms with Crippen LogP contribution < -0.4 is 10.6 Å². The van der Waals surface area contributed by atoms with E-state index in [4.69, 9.17) is 19.4 Å². The molecule has 2 saturated carbocycles. The molecule has 324 valence electrons. The number of aryl methyl sites for hydroxylation is 1. The van der Waals surface area contributed by atoms with Gasteiger partial charge < -0.3 is 39.9 Å². The van der Waals surface area contributed by atoms with Crippen molar-refractivity contribution in [2.45, 2.75) is 139 Å². The largest absolute Gasteiger partial charge is 0.375 e. The van der Waals surface area contributed by atoms with Gasteiger partial charge >= 0.3 is 0 Å². The Labute approximate surface area is 359 Å². The van der Waals surface area contributed by atoms with E-state index in [1.807, 2.05) is 29.2 Å². The number of hydrogen-bond donors (Lipinski definition) is 4. The van der Waals surface area contributed by atoms with Crippen molar-refractivity contribution in [3.8, 4) is 33.6 Å². The minimum Gasteiger partial charge on any atom is -0.375 e. The van der Waals surface area contributed by atoms with Crippen LogP contribution in [0, 0.1) is 12.8 Å². The van der Waals surface area contributed by atoms with Crippen molar-refractivity contribution in [3.63, 3.8) is 0 Å². The fraction of sp³-hybridized carbons (Fsp3) is 0.562. The van der Waals surface area contributed by atoms with Crippen LogP contribution in [-0.4, -0.2) is 104 Å². The molecule has 1 spiro atoms. The molecule has 0 radical (unpaired) electrons. The molecule has 3 amide bonds. The number of H-pyrrole nitrogens is 2. The minimum atomic E-state index is -0.550. The predicted octanol–water partition coefficient (Wildman–Crippen LogP) is 7.17. The van der Waals surface area contributed by atoms with E-state index in [0.717, 1.165) is 128 Å². The molecule has 61 heavy (non-hydrogen) atoms. The normalized spacial score (nSPS) is 24.8. The van der Waals surface area contributed by atoms with E-state index in [-0.39, 0.29) is 53.1 Å². The highest BCUT2D eigenvalue weighted by atomic mass is 16.5. The van der Waals surface area contributed by atoms with E-state index in [9.17, 15) is 14.4 Å². The highest BCUT2D eigenvalue weighted by molar-refractivity contribution is 5.85. The second-order valence-corrected chi connectivity index (χ2v) is 18.7. The highest BCUT2D eigenvalue weighted by Crippen LogP contribution is 2.49. The molecule has 6 atom stereocenters. The number of likely N-dealkylation sites (tertiary alicyclic amines) is 2. The Hall–Kier alpha value is -4.85. The Morgan fingerprint density at radius 2 is 1.66 bits per heavy atom. The third kappa shape index (κ3) is 8.66. The number of nitrogens with one attached hydrogen (secondary N) is 4.